The minimum atomic E-state index is -0.809. The summed E-state index contributed by atoms with van der Waals surface area (Å²) in [6.07, 6.45) is 0.198. The van der Waals surface area contributed by atoms with E-state index in [2.05, 4.69) is 0 Å². The number of aliphatic hydroxyl groups excluding tert-OH is 2. The van der Waals surface area contributed by atoms with E-state index >= 15 is 0 Å². The highest BCUT2D eigenvalue weighted by atomic mass is 16.5. The van der Waals surface area contributed by atoms with Gasteiger partial charge >= 0.3 is 0 Å². The molecule has 2 N–H and O–H groups in total. The SMILES string of the molecule is COc1cc2c(cc1OC)[C@@H]1[C@@H](O)[C@@H](CCO)C(=O)N1CC2. The van der Waals surface area contributed by atoms with Crippen molar-refractivity contribution in [1.82, 2.24) is 4.90 Å². The average Bonchev–Trinajstić information content (AvgIpc) is 2.78. The van der Waals surface area contributed by atoms with Gasteiger partial charge in [0, 0.05) is 13.2 Å². The van der Waals surface area contributed by atoms with Crippen LogP contribution < -0.4 is 9.47 Å². The van der Waals surface area contributed by atoms with Crippen LogP contribution in [0.5, 0.6) is 11.5 Å². The fourth-order valence-corrected chi connectivity index (χ4v) is 3.60. The molecule has 0 aromatic heterocycles. The molecule has 0 bridgehead atoms. The smallest absolute Gasteiger partial charge is 0.229 e. The monoisotopic (exact) mass is 307 g/mol. The predicted octanol–water partition coefficient (Wildman–Crippen LogP) is 0.503. The molecule has 1 fully saturated rings. The van der Waals surface area contributed by atoms with Crippen LogP contribution >= 0.6 is 0 Å². The van der Waals surface area contributed by atoms with Crippen LogP contribution in [0.3, 0.4) is 0 Å². The van der Waals surface area contributed by atoms with Crippen molar-refractivity contribution in [2.45, 2.75) is 25.0 Å². The molecule has 0 unspecified atom stereocenters. The largest absolute Gasteiger partial charge is 0.493 e. The molecule has 0 radical (unpaired) electrons. The maximum Gasteiger partial charge on any atom is 0.229 e. The Labute approximate surface area is 129 Å². The van der Waals surface area contributed by atoms with E-state index in [4.69, 9.17) is 14.6 Å². The molecule has 3 rings (SSSR count). The average molecular weight is 307 g/mol. The first-order valence-corrected chi connectivity index (χ1v) is 7.46. The summed E-state index contributed by atoms with van der Waals surface area (Å²) in [7, 11) is 3.15. The molecule has 1 saturated heterocycles. The summed E-state index contributed by atoms with van der Waals surface area (Å²) < 4.78 is 10.7. The van der Waals surface area contributed by atoms with Crippen molar-refractivity contribution in [3.05, 3.63) is 23.3 Å². The highest BCUT2D eigenvalue weighted by Gasteiger charge is 2.49. The van der Waals surface area contributed by atoms with Gasteiger partial charge in [0.25, 0.3) is 0 Å². The first kappa shape index (κ1) is 15.1. The molecule has 0 aliphatic carbocycles. The molecule has 0 saturated carbocycles. The summed E-state index contributed by atoms with van der Waals surface area (Å²) in [4.78, 5) is 14.1. The molecule has 3 atom stereocenters. The Balaban J connectivity index is 2.03. The number of hydrogen-bond acceptors (Lipinski definition) is 5. The quantitative estimate of drug-likeness (QED) is 0.847. The number of carbonyl (C=O) groups excluding carboxylic acids is 1. The summed E-state index contributed by atoms with van der Waals surface area (Å²) in [6, 6.07) is 3.40. The Morgan fingerprint density at radius 3 is 2.59 bits per heavy atom. The zero-order chi connectivity index (χ0) is 15.9. The fraction of sp³-hybridized carbons (Fsp3) is 0.562. The number of methoxy groups -OCH3 is 2. The van der Waals surface area contributed by atoms with E-state index in [-0.39, 0.29) is 25.0 Å². The molecule has 6 nitrogen and oxygen atoms in total. The summed E-state index contributed by atoms with van der Waals surface area (Å²) in [5, 5.41) is 19.7. The predicted molar refractivity (Wildman–Crippen MR) is 78.9 cm³/mol. The first-order chi connectivity index (χ1) is 10.6. The van der Waals surface area contributed by atoms with Crippen molar-refractivity contribution in [3.63, 3.8) is 0 Å². The summed E-state index contributed by atoms with van der Waals surface area (Å²) in [6.45, 7) is 0.470. The van der Waals surface area contributed by atoms with E-state index in [1.165, 1.54) is 0 Å². The number of carbonyl (C=O) groups is 1. The van der Waals surface area contributed by atoms with Gasteiger partial charge in [-0.15, -0.1) is 0 Å². The van der Waals surface area contributed by atoms with Crippen molar-refractivity contribution < 1.29 is 24.5 Å². The number of aliphatic hydroxyl groups is 2. The molecular formula is C16H21NO5. The zero-order valence-electron chi connectivity index (χ0n) is 12.8. The number of rotatable bonds is 4. The van der Waals surface area contributed by atoms with Crippen molar-refractivity contribution in [3.8, 4) is 11.5 Å². The number of hydrogen-bond donors (Lipinski definition) is 2. The molecule has 1 amide bonds. The highest BCUT2D eigenvalue weighted by molar-refractivity contribution is 5.83. The Morgan fingerprint density at radius 2 is 1.95 bits per heavy atom. The van der Waals surface area contributed by atoms with E-state index in [1.54, 1.807) is 19.1 Å². The minimum absolute atomic E-state index is 0.0769. The Hall–Kier alpha value is -1.79. The zero-order valence-corrected chi connectivity index (χ0v) is 12.8. The van der Waals surface area contributed by atoms with Crippen LogP contribution in [0.15, 0.2) is 12.1 Å². The summed E-state index contributed by atoms with van der Waals surface area (Å²) >= 11 is 0. The van der Waals surface area contributed by atoms with E-state index in [0.717, 1.165) is 17.5 Å². The molecule has 1 aromatic rings. The third-order valence-electron chi connectivity index (χ3n) is 4.70. The van der Waals surface area contributed by atoms with Crippen molar-refractivity contribution in [1.29, 1.82) is 0 Å². The van der Waals surface area contributed by atoms with E-state index in [1.807, 2.05) is 12.1 Å². The summed E-state index contributed by atoms with van der Waals surface area (Å²) in [5.41, 5.74) is 1.97. The summed E-state index contributed by atoms with van der Waals surface area (Å²) in [5.74, 6) is 0.634. The van der Waals surface area contributed by atoms with Crippen LogP contribution in [0.1, 0.15) is 23.6 Å². The van der Waals surface area contributed by atoms with Crippen LogP contribution in [-0.2, 0) is 11.2 Å². The van der Waals surface area contributed by atoms with Crippen molar-refractivity contribution in [2.24, 2.45) is 5.92 Å². The number of benzene rings is 1. The van der Waals surface area contributed by atoms with Gasteiger partial charge in [-0.3, -0.25) is 4.79 Å². The van der Waals surface area contributed by atoms with E-state index in [9.17, 15) is 9.90 Å². The van der Waals surface area contributed by atoms with Gasteiger partial charge in [-0.1, -0.05) is 0 Å². The van der Waals surface area contributed by atoms with Gasteiger partial charge < -0.3 is 24.6 Å². The molecule has 2 aliphatic rings. The number of ether oxygens (including phenoxy) is 2. The molecule has 22 heavy (non-hydrogen) atoms. The molecule has 2 heterocycles. The van der Waals surface area contributed by atoms with Crippen LogP contribution in [0.2, 0.25) is 0 Å². The van der Waals surface area contributed by atoms with Gasteiger partial charge in [0.15, 0.2) is 11.5 Å². The molecule has 120 valence electrons. The maximum absolute atomic E-state index is 12.4. The Bertz CT molecular complexity index is 588. The molecular weight excluding hydrogens is 286 g/mol. The lowest BCUT2D eigenvalue weighted by Gasteiger charge is -2.33. The second-order valence-electron chi connectivity index (χ2n) is 5.74. The number of fused-ring (bicyclic) bond motifs is 3. The van der Waals surface area contributed by atoms with Gasteiger partial charge in [-0.05, 0) is 36.1 Å². The molecule has 2 aliphatic heterocycles. The second-order valence-corrected chi connectivity index (χ2v) is 5.74. The standard InChI is InChI=1S/C16H21NO5/c1-21-12-7-9-3-5-17-14(11(9)8-13(12)22-2)15(19)10(4-6-18)16(17)20/h7-8,10,14-15,18-19H,3-6H2,1-2H3/t10-,14-,15+/m1/s1. The van der Waals surface area contributed by atoms with Gasteiger partial charge in [0.2, 0.25) is 5.91 Å². The molecule has 6 heteroatoms. The first-order valence-electron chi connectivity index (χ1n) is 7.46. The third kappa shape index (κ3) is 2.14. The maximum atomic E-state index is 12.4. The fourth-order valence-electron chi connectivity index (χ4n) is 3.60. The highest BCUT2D eigenvalue weighted by Crippen LogP contribution is 2.45. The lowest BCUT2D eigenvalue weighted by Crippen LogP contribution is -2.36. The van der Waals surface area contributed by atoms with Crippen LogP contribution in [-0.4, -0.2) is 54.5 Å². The van der Waals surface area contributed by atoms with Crippen LogP contribution in [0.25, 0.3) is 0 Å². The Kier molecular flexibility index (Phi) is 3.97. The minimum Gasteiger partial charge on any atom is -0.493 e. The van der Waals surface area contributed by atoms with Gasteiger partial charge in [0.1, 0.15) is 0 Å². The van der Waals surface area contributed by atoms with Crippen LogP contribution in [0, 0.1) is 5.92 Å². The van der Waals surface area contributed by atoms with E-state index in [0.29, 0.717) is 18.0 Å². The lowest BCUT2D eigenvalue weighted by atomic mass is 9.88. The Morgan fingerprint density at radius 1 is 1.27 bits per heavy atom. The van der Waals surface area contributed by atoms with Crippen molar-refractivity contribution in [2.75, 3.05) is 27.4 Å². The lowest BCUT2D eigenvalue weighted by molar-refractivity contribution is -0.132. The van der Waals surface area contributed by atoms with Gasteiger partial charge in [-0.2, -0.15) is 0 Å². The van der Waals surface area contributed by atoms with E-state index < -0.39 is 12.0 Å². The number of amides is 1. The topological polar surface area (TPSA) is 79.2 Å². The van der Waals surface area contributed by atoms with Crippen molar-refractivity contribution >= 4 is 5.91 Å². The number of nitrogens with zero attached hydrogens (tertiary/aromatic N) is 1. The van der Waals surface area contributed by atoms with Gasteiger partial charge in [0.05, 0.1) is 32.3 Å². The second kappa shape index (κ2) is 5.78. The normalized spacial score (nSPS) is 26.6. The molecule has 0 spiro atoms. The van der Waals surface area contributed by atoms with Gasteiger partial charge in [-0.25, -0.2) is 0 Å². The van der Waals surface area contributed by atoms with Crippen LogP contribution in [0.4, 0.5) is 0 Å². The third-order valence-corrected chi connectivity index (χ3v) is 4.70. The molecule has 1 aromatic carbocycles.